The number of aromatic nitrogens is 3. The van der Waals surface area contributed by atoms with E-state index in [0.29, 0.717) is 0 Å². The summed E-state index contributed by atoms with van der Waals surface area (Å²) < 4.78 is 1.96. The van der Waals surface area contributed by atoms with Crippen molar-refractivity contribution in [3.8, 4) is 0 Å². The zero-order valence-electron chi connectivity index (χ0n) is 13.7. The van der Waals surface area contributed by atoms with E-state index in [-0.39, 0.29) is 11.6 Å². The molecule has 1 fully saturated rings. The molecule has 1 aromatic rings. The smallest absolute Gasteiger partial charge is 0.138 e. The predicted octanol–water partition coefficient (Wildman–Crippen LogP) is 1.33. The highest BCUT2D eigenvalue weighted by molar-refractivity contribution is 5.04. The Kier molecular flexibility index (Phi) is 5.72. The van der Waals surface area contributed by atoms with Crippen LogP contribution in [0.2, 0.25) is 0 Å². The van der Waals surface area contributed by atoms with Gasteiger partial charge in [0, 0.05) is 24.5 Å². The lowest BCUT2D eigenvalue weighted by molar-refractivity contribution is 0.0788. The first-order chi connectivity index (χ1) is 10.1. The maximum atomic E-state index is 5.95. The summed E-state index contributed by atoms with van der Waals surface area (Å²) in [7, 11) is 4.36. The Balaban J connectivity index is 2.23. The highest BCUT2D eigenvalue weighted by atomic mass is 15.3. The molecule has 0 spiro atoms. The van der Waals surface area contributed by atoms with E-state index in [9.17, 15) is 0 Å². The minimum Gasteiger partial charge on any atom is -0.302 e. The van der Waals surface area contributed by atoms with Crippen molar-refractivity contribution < 1.29 is 0 Å². The normalized spacial score (nSPS) is 20.4. The molecule has 2 rings (SSSR count). The number of nitrogens with one attached hydrogen (secondary N) is 1. The van der Waals surface area contributed by atoms with Crippen LogP contribution < -0.4 is 11.3 Å². The molecule has 0 amide bonds. The lowest BCUT2D eigenvalue weighted by atomic mass is 9.80. The maximum Gasteiger partial charge on any atom is 0.138 e. The molecule has 0 bridgehead atoms. The number of hydrogen-bond donors (Lipinski definition) is 2. The number of nitrogens with zero attached hydrogens (tertiary/aromatic N) is 4. The molecule has 6 heteroatoms. The molecular weight excluding hydrogens is 264 g/mol. The van der Waals surface area contributed by atoms with E-state index in [1.165, 1.54) is 38.5 Å². The first-order valence-electron chi connectivity index (χ1n) is 8.14. The number of aryl methyl sites for hydroxylation is 1. The topological polar surface area (TPSA) is 72.0 Å². The Morgan fingerprint density at radius 2 is 2.00 bits per heavy atom. The monoisotopic (exact) mass is 294 g/mol. The highest BCUT2D eigenvalue weighted by Crippen LogP contribution is 2.34. The summed E-state index contributed by atoms with van der Waals surface area (Å²) in [5.41, 5.74) is 3.20. The summed E-state index contributed by atoms with van der Waals surface area (Å²) in [6, 6.07) is 0.195. The van der Waals surface area contributed by atoms with Crippen molar-refractivity contribution in [2.45, 2.75) is 70.0 Å². The van der Waals surface area contributed by atoms with Gasteiger partial charge in [0.15, 0.2) is 0 Å². The standard InChI is InChI=1S/C15H30N6/c1-4-21-14(17-12-18-21)11-13(19-16)15(20(2)3)9-7-5-6-8-10-15/h12-13,19H,4-11,16H2,1-3H3. The fraction of sp³-hybridized carbons (Fsp3) is 0.867. The number of nitrogens with two attached hydrogens (primary N) is 1. The van der Waals surface area contributed by atoms with Gasteiger partial charge in [-0.25, -0.2) is 4.98 Å². The van der Waals surface area contributed by atoms with E-state index in [0.717, 1.165) is 18.8 Å². The first kappa shape index (κ1) is 16.4. The number of hydrogen-bond acceptors (Lipinski definition) is 5. The van der Waals surface area contributed by atoms with Crippen molar-refractivity contribution >= 4 is 0 Å². The first-order valence-corrected chi connectivity index (χ1v) is 8.14. The quantitative estimate of drug-likeness (QED) is 0.470. The number of hydrazine groups is 1. The molecular formula is C15H30N6. The van der Waals surface area contributed by atoms with E-state index in [1.54, 1.807) is 6.33 Å². The van der Waals surface area contributed by atoms with Crippen LogP contribution in [0.1, 0.15) is 51.3 Å². The average Bonchev–Trinajstić information content (AvgIpc) is 2.78. The summed E-state index contributed by atoms with van der Waals surface area (Å²) in [5, 5.41) is 4.28. The minimum absolute atomic E-state index is 0.107. The third kappa shape index (κ3) is 3.44. The van der Waals surface area contributed by atoms with E-state index >= 15 is 0 Å². The third-order valence-electron chi connectivity index (χ3n) is 5.09. The van der Waals surface area contributed by atoms with Gasteiger partial charge in [-0.1, -0.05) is 25.7 Å². The average molecular weight is 294 g/mol. The van der Waals surface area contributed by atoms with Gasteiger partial charge in [0.25, 0.3) is 0 Å². The van der Waals surface area contributed by atoms with Gasteiger partial charge < -0.3 is 4.90 Å². The molecule has 21 heavy (non-hydrogen) atoms. The second kappa shape index (κ2) is 7.33. The summed E-state index contributed by atoms with van der Waals surface area (Å²) in [5.74, 6) is 6.97. The van der Waals surface area contributed by atoms with Gasteiger partial charge in [-0.05, 0) is 33.9 Å². The Hall–Kier alpha value is -0.980. The SMILES string of the molecule is CCn1ncnc1CC(NN)C1(N(C)C)CCCCCC1. The Labute approximate surface area is 128 Å². The lowest BCUT2D eigenvalue weighted by Crippen LogP contribution is -2.61. The van der Waals surface area contributed by atoms with Crippen LogP contribution in [0.5, 0.6) is 0 Å². The van der Waals surface area contributed by atoms with E-state index in [1.807, 2.05) is 4.68 Å². The summed E-state index contributed by atoms with van der Waals surface area (Å²) >= 11 is 0. The largest absolute Gasteiger partial charge is 0.302 e. The molecule has 1 aliphatic carbocycles. The van der Waals surface area contributed by atoms with Crippen LogP contribution in [0, 0.1) is 0 Å². The van der Waals surface area contributed by atoms with Gasteiger partial charge in [-0.15, -0.1) is 0 Å². The molecule has 1 heterocycles. The summed E-state index contributed by atoms with van der Waals surface area (Å²) in [6.07, 6.45) is 10.1. The second-order valence-corrected chi connectivity index (χ2v) is 6.33. The highest BCUT2D eigenvalue weighted by Gasteiger charge is 2.41. The number of likely N-dealkylation sites (N-methyl/N-ethyl adjacent to an activating group) is 1. The summed E-state index contributed by atoms with van der Waals surface area (Å²) in [6.45, 7) is 2.94. The van der Waals surface area contributed by atoms with Crippen LogP contribution in [0.15, 0.2) is 6.33 Å². The van der Waals surface area contributed by atoms with Gasteiger partial charge in [0.1, 0.15) is 12.2 Å². The molecule has 0 saturated heterocycles. The molecule has 1 aromatic heterocycles. The van der Waals surface area contributed by atoms with E-state index in [4.69, 9.17) is 5.84 Å². The van der Waals surface area contributed by atoms with Crippen molar-refractivity contribution in [3.63, 3.8) is 0 Å². The molecule has 1 aliphatic rings. The number of rotatable bonds is 6. The van der Waals surface area contributed by atoms with Crippen molar-refractivity contribution in [2.24, 2.45) is 5.84 Å². The fourth-order valence-electron chi connectivity index (χ4n) is 3.75. The zero-order chi connectivity index (χ0) is 15.3. The lowest BCUT2D eigenvalue weighted by Gasteiger charge is -2.45. The second-order valence-electron chi connectivity index (χ2n) is 6.33. The van der Waals surface area contributed by atoms with Crippen molar-refractivity contribution in [3.05, 3.63) is 12.2 Å². The third-order valence-corrected chi connectivity index (χ3v) is 5.09. The predicted molar refractivity (Wildman–Crippen MR) is 84.6 cm³/mol. The molecule has 6 nitrogen and oxygen atoms in total. The molecule has 0 aliphatic heterocycles. The van der Waals surface area contributed by atoms with E-state index in [2.05, 4.69) is 41.4 Å². The Bertz CT molecular complexity index is 420. The minimum atomic E-state index is 0.107. The van der Waals surface area contributed by atoms with Gasteiger partial charge >= 0.3 is 0 Å². The Morgan fingerprint density at radius 1 is 1.33 bits per heavy atom. The maximum absolute atomic E-state index is 5.95. The van der Waals surface area contributed by atoms with Gasteiger partial charge in [0.2, 0.25) is 0 Å². The molecule has 0 radical (unpaired) electrons. The fourth-order valence-corrected chi connectivity index (χ4v) is 3.75. The summed E-state index contributed by atoms with van der Waals surface area (Å²) in [4.78, 5) is 6.79. The molecule has 3 N–H and O–H groups in total. The van der Waals surface area contributed by atoms with Gasteiger partial charge in [-0.3, -0.25) is 16.0 Å². The van der Waals surface area contributed by atoms with Crippen LogP contribution >= 0.6 is 0 Å². The van der Waals surface area contributed by atoms with Gasteiger partial charge in [0.05, 0.1) is 0 Å². The van der Waals surface area contributed by atoms with Crippen LogP contribution in [0.4, 0.5) is 0 Å². The van der Waals surface area contributed by atoms with Gasteiger partial charge in [-0.2, -0.15) is 5.10 Å². The van der Waals surface area contributed by atoms with Crippen molar-refractivity contribution in [1.29, 1.82) is 0 Å². The Morgan fingerprint density at radius 3 is 2.52 bits per heavy atom. The van der Waals surface area contributed by atoms with Crippen molar-refractivity contribution in [2.75, 3.05) is 14.1 Å². The van der Waals surface area contributed by atoms with Crippen LogP contribution in [0.25, 0.3) is 0 Å². The van der Waals surface area contributed by atoms with Crippen LogP contribution in [-0.2, 0) is 13.0 Å². The zero-order valence-corrected chi connectivity index (χ0v) is 13.7. The van der Waals surface area contributed by atoms with Crippen LogP contribution in [-0.4, -0.2) is 45.3 Å². The van der Waals surface area contributed by atoms with E-state index < -0.39 is 0 Å². The molecule has 0 aromatic carbocycles. The molecule has 1 saturated carbocycles. The molecule has 120 valence electrons. The van der Waals surface area contributed by atoms with Crippen molar-refractivity contribution in [1.82, 2.24) is 25.1 Å². The molecule has 1 unspecified atom stereocenters. The van der Waals surface area contributed by atoms with Crippen LogP contribution in [0.3, 0.4) is 0 Å². The molecule has 1 atom stereocenters.